The van der Waals surface area contributed by atoms with Crippen molar-refractivity contribution in [3.63, 3.8) is 0 Å². The summed E-state index contributed by atoms with van der Waals surface area (Å²) in [5.41, 5.74) is 1.76. The Morgan fingerprint density at radius 3 is 2.56 bits per heavy atom. The first-order chi connectivity index (χ1) is 12.3. The zero-order valence-corrected chi connectivity index (χ0v) is 14.0. The van der Waals surface area contributed by atoms with E-state index in [2.05, 4.69) is 57.3 Å². The number of fused-ring (bicyclic) bond motifs is 1. The van der Waals surface area contributed by atoms with Crippen LogP contribution in [0.1, 0.15) is 16.1 Å². The van der Waals surface area contributed by atoms with Crippen molar-refractivity contribution in [1.82, 2.24) is 19.8 Å². The van der Waals surface area contributed by atoms with Gasteiger partial charge in [-0.05, 0) is 16.3 Å². The number of benzene rings is 2. The lowest BCUT2D eigenvalue weighted by Crippen LogP contribution is -2.48. The van der Waals surface area contributed by atoms with Gasteiger partial charge in [-0.15, -0.1) is 0 Å². The molecule has 0 bridgehead atoms. The van der Waals surface area contributed by atoms with Crippen LogP contribution < -0.4 is 0 Å². The molecule has 3 aromatic rings. The third-order valence-corrected chi connectivity index (χ3v) is 4.72. The molecule has 126 valence electrons. The minimum absolute atomic E-state index is 0.0297. The van der Waals surface area contributed by atoms with Crippen LogP contribution in [0.25, 0.3) is 10.8 Å². The smallest absolute Gasteiger partial charge is 0.274 e. The highest BCUT2D eigenvalue weighted by Crippen LogP contribution is 2.20. The number of aromatic nitrogens is 2. The van der Waals surface area contributed by atoms with Crippen LogP contribution in [0.5, 0.6) is 0 Å². The number of hydrogen-bond donors (Lipinski definition) is 0. The van der Waals surface area contributed by atoms with Crippen LogP contribution in [-0.2, 0) is 6.54 Å². The lowest BCUT2D eigenvalue weighted by molar-refractivity contribution is 0.0622. The van der Waals surface area contributed by atoms with Gasteiger partial charge in [-0.2, -0.15) is 0 Å². The number of rotatable bonds is 3. The zero-order chi connectivity index (χ0) is 17.1. The standard InChI is InChI=1S/C20H20N4O/c25-20(19-14-21-8-9-22-19)24-12-10-23(11-13-24)15-17-6-3-5-16-4-1-2-7-18(16)17/h1-9,14H,10-13,15H2. The largest absolute Gasteiger partial charge is 0.335 e. The molecule has 1 saturated heterocycles. The molecule has 25 heavy (non-hydrogen) atoms. The molecule has 1 aliphatic heterocycles. The van der Waals surface area contributed by atoms with Crippen LogP contribution in [0.15, 0.2) is 61.1 Å². The first-order valence-electron chi connectivity index (χ1n) is 8.55. The monoisotopic (exact) mass is 332 g/mol. The lowest BCUT2D eigenvalue weighted by Gasteiger charge is -2.34. The third kappa shape index (κ3) is 3.37. The third-order valence-electron chi connectivity index (χ3n) is 4.72. The number of piperazine rings is 1. The fourth-order valence-corrected chi connectivity index (χ4v) is 3.35. The maximum absolute atomic E-state index is 12.4. The minimum atomic E-state index is -0.0297. The van der Waals surface area contributed by atoms with Crippen molar-refractivity contribution in [1.29, 1.82) is 0 Å². The molecule has 4 rings (SSSR count). The van der Waals surface area contributed by atoms with Gasteiger partial charge in [0.25, 0.3) is 5.91 Å². The second-order valence-electron chi connectivity index (χ2n) is 6.30. The van der Waals surface area contributed by atoms with E-state index in [0.29, 0.717) is 5.69 Å². The quantitative estimate of drug-likeness (QED) is 0.740. The van der Waals surface area contributed by atoms with E-state index in [1.54, 1.807) is 12.4 Å². The SMILES string of the molecule is O=C(c1cnccn1)N1CCN(Cc2cccc3ccccc23)CC1. The van der Waals surface area contributed by atoms with Gasteiger partial charge in [0.1, 0.15) is 5.69 Å². The second kappa shape index (κ2) is 6.99. The van der Waals surface area contributed by atoms with E-state index in [9.17, 15) is 4.79 Å². The van der Waals surface area contributed by atoms with E-state index in [4.69, 9.17) is 0 Å². The topological polar surface area (TPSA) is 49.3 Å². The van der Waals surface area contributed by atoms with Gasteiger partial charge >= 0.3 is 0 Å². The van der Waals surface area contributed by atoms with E-state index >= 15 is 0 Å². The van der Waals surface area contributed by atoms with Crippen molar-refractivity contribution in [2.24, 2.45) is 0 Å². The molecule has 1 fully saturated rings. The molecule has 1 aromatic heterocycles. The molecule has 0 N–H and O–H groups in total. The highest BCUT2D eigenvalue weighted by atomic mass is 16.2. The molecule has 1 amide bonds. The van der Waals surface area contributed by atoms with E-state index < -0.39 is 0 Å². The number of amides is 1. The van der Waals surface area contributed by atoms with Gasteiger partial charge in [0.2, 0.25) is 0 Å². The fourth-order valence-electron chi connectivity index (χ4n) is 3.35. The van der Waals surface area contributed by atoms with Crippen LogP contribution in [0.4, 0.5) is 0 Å². The molecule has 0 saturated carbocycles. The van der Waals surface area contributed by atoms with Crippen molar-refractivity contribution in [2.75, 3.05) is 26.2 Å². The lowest BCUT2D eigenvalue weighted by atomic mass is 10.0. The Morgan fingerprint density at radius 1 is 0.960 bits per heavy atom. The van der Waals surface area contributed by atoms with Crippen molar-refractivity contribution in [2.45, 2.75) is 6.54 Å². The van der Waals surface area contributed by atoms with Crippen molar-refractivity contribution in [3.8, 4) is 0 Å². The molecule has 5 nitrogen and oxygen atoms in total. The van der Waals surface area contributed by atoms with E-state index in [-0.39, 0.29) is 5.91 Å². The minimum Gasteiger partial charge on any atom is -0.335 e. The molecule has 0 aliphatic carbocycles. The van der Waals surface area contributed by atoms with Gasteiger partial charge < -0.3 is 4.90 Å². The fraction of sp³-hybridized carbons (Fsp3) is 0.250. The molecule has 5 heteroatoms. The van der Waals surface area contributed by atoms with E-state index in [1.165, 1.54) is 22.5 Å². The first kappa shape index (κ1) is 15.7. The summed E-state index contributed by atoms with van der Waals surface area (Å²) >= 11 is 0. The molecule has 2 aromatic carbocycles. The highest BCUT2D eigenvalue weighted by molar-refractivity contribution is 5.92. The first-order valence-corrected chi connectivity index (χ1v) is 8.55. The van der Waals surface area contributed by atoms with Crippen molar-refractivity contribution >= 4 is 16.7 Å². The summed E-state index contributed by atoms with van der Waals surface area (Å²) in [5, 5.41) is 2.58. The van der Waals surface area contributed by atoms with Gasteiger partial charge in [0, 0.05) is 45.1 Å². The van der Waals surface area contributed by atoms with Crippen molar-refractivity contribution in [3.05, 3.63) is 72.3 Å². The number of carbonyl (C=O) groups is 1. The molecular formula is C20H20N4O. The van der Waals surface area contributed by atoms with Crippen LogP contribution in [-0.4, -0.2) is 51.9 Å². The Morgan fingerprint density at radius 2 is 1.76 bits per heavy atom. The summed E-state index contributed by atoms with van der Waals surface area (Å²) in [6, 6.07) is 14.9. The van der Waals surface area contributed by atoms with Crippen LogP contribution in [0.2, 0.25) is 0 Å². The second-order valence-corrected chi connectivity index (χ2v) is 6.30. The molecule has 1 aliphatic rings. The average Bonchev–Trinajstić information content (AvgIpc) is 2.69. The summed E-state index contributed by atoms with van der Waals surface area (Å²) in [6.07, 6.45) is 4.67. The molecule has 0 radical (unpaired) electrons. The van der Waals surface area contributed by atoms with Gasteiger partial charge in [-0.25, -0.2) is 4.98 Å². The van der Waals surface area contributed by atoms with Crippen molar-refractivity contribution < 1.29 is 4.79 Å². The molecule has 0 unspecified atom stereocenters. The Bertz CT molecular complexity index is 868. The van der Waals surface area contributed by atoms with Gasteiger partial charge in [0.15, 0.2) is 0 Å². The van der Waals surface area contributed by atoms with Gasteiger partial charge in [-0.1, -0.05) is 42.5 Å². The van der Waals surface area contributed by atoms with E-state index in [0.717, 1.165) is 32.7 Å². The van der Waals surface area contributed by atoms with Gasteiger partial charge in [-0.3, -0.25) is 14.7 Å². The summed E-state index contributed by atoms with van der Waals surface area (Å²) in [5.74, 6) is -0.0297. The van der Waals surface area contributed by atoms with E-state index in [1.807, 2.05) is 4.90 Å². The predicted octanol–water partition coefficient (Wildman–Crippen LogP) is 2.59. The summed E-state index contributed by atoms with van der Waals surface area (Å²) in [6.45, 7) is 4.10. The Kier molecular flexibility index (Phi) is 4.39. The van der Waals surface area contributed by atoms with Gasteiger partial charge in [0.05, 0.1) is 6.20 Å². The van der Waals surface area contributed by atoms with Crippen LogP contribution in [0, 0.1) is 0 Å². The maximum atomic E-state index is 12.4. The predicted molar refractivity (Wildman–Crippen MR) is 97.2 cm³/mol. The highest BCUT2D eigenvalue weighted by Gasteiger charge is 2.23. The molecule has 0 spiro atoms. The molecule has 0 atom stereocenters. The molecule has 2 heterocycles. The number of hydrogen-bond acceptors (Lipinski definition) is 4. The zero-order valence-electron chi connectivity index (χ0n) is 14.0. The summed E-state index contributed by atoms with van der Waals surface area (Å²) < 4.78 is 0. The Labute approximate surface area is 146 Å². The summed E-state index contributed by atoms with van der Waals surface area (Å²) in [7, 11) is 0. The normalized spacial score (nSPS) is 15.4. The Balaban J connectivity index is 1.41. The molecular weight excluding hydrogens is 312 g/mol. The average molecular weight is 332 g/mol. The summed E-state index contributed by atoms with van der Waals surface area (Å²) in [4.78, 5) is 24.8. The maximum Gasteiger partial charge on any atom is 0.274 e. The van der Waals surface area contributed by atoms with Crippen LogP contribution >= 0.6 is 0 Å². The van der Waals surface area contributed by atoms with Crippen LogP contribution in [0.3, 0.4) is 0 Å². The number of carbonyl (C=O) groups excluding carboxylic acids is 1. The number of nitrogens with zero attached hydrogens (tertiary/aromatic N) is 4. The Hall–Kier alpha value is -2.79.